The first-order valence-corrected chi connectivity index (χ1v) is 11.7. The minimum atomic E-state index is -0.304. The Morgan fingerprint density at radius 2 is 1.74 bits per heavy atom. The van der Waals surface area contributed by atoms with E-state index in [-0.39, 0.29) is 24.2 Å². The summed E-state index contributed by atoms with van der Waals surface area (Å²) in [7, 11) is 3.17. The monoisotopic (exact) mass is 467 g/mol. The number of ether oxygens (including phenoxy) is 2. The molecule has 7 nitrogen and oxygen atoms in total. The Bertz CT molecular complexity index is 1070. The topological polar surface area (TPSA) is 77.7 Å². The Morgan fingerprint density at radius 1 is 1.06 bits per heavy atom. The predicted molar refractivity (Wildman–Crippen MR) is 125 cm³/mol. The van der Waals surface area contributed by atoms with Gasteiger partial charge in [-0.25, -0.2) is 4.39 Å². The van der Waals surface area contributed by atoms with Crippen molar-refractivity contribution in [2.75, 3.05) is 20.8 Å². The molecule has 1 saturated carbocycles. The zero-order chi connectivity index (χ0) is 23.9. The first kappa shape index (κ1) is 23.7. The van der Waals surface area contributed by atoms with E-state index in [0.717, 1.165) is 36.8 Å². The first-order chi connectivity index (χ1) is 16.6. The fraction of sp³-hybridized carbons (Fsp3) is 0.423. The number of aromatic nitrogens is 2. The molecule has 0 spiro atoms. The number of carbonyl (C=O) groups excluding carboxylic acids is 1. The number of carbonyl (C=O) groups is 1. The molecule has 0 bridgehead atoms. The Morgan fingerprint density at radius 3 is 2.38 bits per heavy atom. The van der Waals surface area contributed by atoms with E-state index in [1.807, 2.05) is 17.0 Å². The lowest BCUT2D eigenvalue weighted by atomic mass is 9.93. The molecule has 0 N–H and O–H groups in total. The van der Waals surface area contributed by atoms with Gasteiger partial charge in [-0.2, -0.15) is 4.98 Å². The number of nitrogens with zero attached hydrogens (tertiary/aromatic N) is 3. The van der Waals surface area contributed by atoms with Gasteiger partial charge in [0.2, 0.25) is 17.6 Å². The molecule has 8 heteroatoms. The van der Waals surface area contributed by atoms with E-state index >= 15 is 0 Å². The third-order valence-corrected chi connectivity index (χ3v) is 6.25. The molecule has 4 rings (SSSR count). The van der Waals surface area contributed by atoms with Crippen LogP contribution in [0.15, 0.2) is 47.0 Å². The summed E-state index contributed by atoms with van der Waals surface area (Å²) in [5.74, 6) is 1.91. The van der Waals surface area contributed by atoms with Gasteiger partial charge in [0.15, 0.2) is 0 Å². The average molecular weight is 468 g/mol. The van der Waals surface area contributed by atoms with Gasteiger partial charge < -0.3 is 18.9 Å². The molecular weight excluding hydrogens is 437 g/mol. The average Bonchev–Trinajstić information content (AvgIpc) is 3.35. The van der Waals surface area contributed by atoms with Crippen LogP contribution in [0.1, 0.15) is 43.6 Å². The van der Waals surface area contributed by atoms with Crippen LogP contribution in [0.3, 0.4) is 0 Å². The molecule has 1 aliphatic carbocycles. The second-order valence-corrected chi connectivity index (χ2v) is 8.55. The molecule has 180 valence electrons. The number of halogens is 1. The minimum absolute atomic E-state index is 0.0378. The van der Waals surface area contributed by atoms with E-state index in [1.54, 1.807) is 32.4 Å². The van der Waals surface area contributed by atoms with Crippen LogP contribution in [0.25, 0.3) is 11.4 Å². The molecule has 0 atom stereocenters. The zero-order valence-corrected chi connectivity index (χ0v) is 19.6. The van der Waals surface area contributed by atoms with Crippen LogP contribution in [-0.4, -0.2) is 47.8 Å². The molecular formula is C26H30FN3O4. The molecule has 34 heavy (non-hydrogen) atoms. The molecule has 1 aromatic heterocycles. The third kappa shape index (κ3) is 5.92. The van der Waals surface area contributed by atoms with Gasteiger partial charge >= 0.3 is 0 Å². The zero-order valence-electron chi connectivity index (χ0n) is 19.6. The Balaban J connectivity index is 1.46. The van der Waals surface area contributed by atoms with E-state index < -0.39 is 0 Å². The summed E-state index contributed by atoms with van der Waals surface area (Å²) in [6, 6.07) is 11.7. The molecule has 2 aromatic carbocycles. The van der Waals surface area contributed by atoms with Crippen LogP contribution in [-0.2, 0) is 17.6 Å². The Kier molecular flexibility index (Phi) is 7.77. The fourth-order valence-electron chi connectivity index (χ4n) is 4.41. The van der Waals surface area contributed by atoms with Gasteiger partial charge in [0.05, 0.1) is 20.6 Å². The largest absolute Gasteiger partial charge is 0.497 e. The Labute approximate surface area is 198 Å². The van der Waals surface area contributed by atoms with Crippen LogP contribution in [0.4, 0.5) is 4.39 Å². The molecule has 1 heterocycles. The predicted octanol–water partition coefficient (Wildman–Crippen LogP) is 4.84. The van der Waals surface area contributed by atoms with Crippen molar-refractivity contribution in [2.45, 2.75) is 51.0 Å². The second-order valence-electron chi connectivity index (χ2n) is 8.55. The van der Waals surface area contributed by atoms with Crippen LogP contribution in [0, 0.1) is 5.82 Å². The van der Waals surface area contributed by atoms with Crippen molar-refractivity contribution in [3.63, 3.8) is 0 Å². The normalized spacial score (nSPS) is 14.1. The SMILES string of the molecule is COc1cc(OC)cc(-c2noc(CCN(C(=O)Cc3ccc(F)cc3)C3CCCCC3)n2)c1. The Hall–Kier alpha value is -3.42. The van der Waals surface area contributed by atoms with E-state index in [2.05, 4.69) is 10.1 Å². The third-order valence-electron chi connectivity index (χ3n) is 6.25. The van der Waals surface area contributed by atoms with E-state index in [0.29, 0.717) is 36.2 Å². The van der Waals surface area contributed by atoms with E-state index in [9.17, 15) is 9.18 Å². The molecule has 1 aliphatic rings. The number of amides is 1. The smallest absolute Gasteiger partial charge is 0.228 e. The molecule has 3 aromatic rings. The number of hydrogen-bond acceptors (Lipinski definition) is 6. The highest BCUT2D eigenvalue weighted by atomic mass is 19.1. The van der Waals surface area contributed by atoms with Crippen LogP contribution >= 0.6 is 0 Å². The molecule has 1 amide bonds. The highest BCUT2D eigenvalue weighted by Gasteiger charge is 2.26. The first-order valence-electron chi connectivity index (χ1n) is 11.7. The number of benzene rings is 2. The summed E-state index contributed by atoms with van der Waals surface area (Å²) < 4.78 is 29.4. The van der Waals surface area contributed by atoms with Gasteiger partial charge in [-0.05, 0) is 42.7 Å². The summed E-state index contributed by atoms with van der Waals surface area (Å²) in [5.41, 5.74) is 1.53. The van der Waals surface area contributed by atoms with E-state index in [1.165, 1.54) is 18.6 Å². The summed E-state index contributed by atoms with van der Waals surface area (Å²) in [6.07, 6.45) is 6.13. The van der Waals surface area contributed by atoms with Crippen molar-refractivity contribution in [1.82, 2.24) is 15.0 Å². The number of methoxy groups -OCH3 is 2. The summed E-state index contributed by atoms with van der Waals surface area (Å²) >= 11 is 0. The van der Waals surface area contributed by atoms with Gasteiger partial charge in [-0.3, -0.25) is 4.79 Å². The minimum Gasteiger partial charge on any atom is -0.497 e. The number of rotatable bonds is 9. The number of hydrogen-bond donors (Lipinski definition) is 0. The van der Waals surface area contributed by atoms with Crippen molar-refractivity contribution in [1.29, 1.82) is 0 Å². The van der Waals surface area contributed by atoms with Crippen molar-refractivity contribution in [3.8, 4) is 22.9 Å². The van der Waals surface area contributed by atoms with Gasteiger partial charge in [0.25, 0.3) is 0 Å². The molecule has 1 fully saturated rings. The van der Waals surface area contributed by atoms with Crippen LogP contribution in [0.2, 0.25) is 0 Å². The highest BCUT2D eigenvalue weighted by Crippen LogP contribution is 2.28. The lowest BCUT2D eigenvalue weighted by Crippen LogP contribution is -2.43. The van der Waals surface area contributed by atoms with Gasteiger partial charge in [-0.15, -0.1) is 0 Å². The quantitative estimate of drug-likeness (QED) is 0.448. The maximum absolute atomic E-state index is 13.3. The van der Waals surface area contributed by atoms with Gasteiger partial charge in [0.1, 0.15) is 17.3 Å². The van der Waals surface area contributed by atoms with Crippen LogP contribution < -0.4 is 9.47 Å². The molecule has 0 aliphatic heterocycles. The lowest BCUT2D eigenvalue weighted by molar-refractivity contribution is -0.133. The van der Waals surface area contributed by atoms with Crippen LogP contribution in [0.5, 0.6) is 11.5 Å². The van der Waals surface area contributed by atoms with Gasteiger partial charge in [-0.1, -0.05) is 36.6 Å². The molecule has 0 saturated heterocycles. The van der Waals surface area contributed by atoms with Crippen molar-refractivity contribution < 1.29 is 23.2 Å². The van der Waals surface area contributed by atoms with Crippen molar-refractivity contribution in [2.24, 2.45) is 0 Å². The summed E-state index contributed by atoms with van der Waals surface area (Å²) in [4.78, 5) is 19.7. The lowest BCUT2D eigenvalue weighted by Gasteiger charge is -2.34. The summed E-state index contributed by atoms with van der Waals surface area (Å²) in [6.45, 7) is 0.494. The standard InChI is InChI=1S/C26H30FN3O4/c1-32-22-15-19(16-23(17-22)33-2)26-28-24(34-29-26)12-13-30(21-6-4-3-5-7-21)25(31)14-18-8-10-20(27)11-9-18/h8-11,15-17,21H,3-7,12-14H2,1-2H3. The molecule has 0 unspecified atom stereocenters. The van der Waals surface area contributed by atoms with Crippen molar-refractivity contribution in [3.05, 3.63) is 59.7 Å². The van der Waals surface area contributed by atoms with E-state index in [4.69, 9.17) is 14.0 Å². The second kappa shape index (κ2) is 11.1. The summed E-state index contributed by atoms with van der Waals surface area (Å²) in [5, 5.41) is 4.11. The maximum Gasteiger partial charge on any atom is 0.228 e. The highest BCUT2D eigenvalue weighted by molar-refractivity contribution is 5.79. The molecule has 0 radical (unpaired) electrons. The van der Waals surface area contributed by atoms with Crippen molar-refractivity contribution >= 4 is 5.91 Å². The maximum atomic E-state index is 13.3. The fourth-order valence-corrected chi connectivity index (χ4v) is 4.41. The van der Waals surface area contributed by atoms with Gasteiger partial charge in [0, 0.05) is 30.6 Å².